The Morgan fingerprint density at radius 1 is 1.00 bits per heavy atom. The van der Waals surface area contributed by atoms with Gasteiger partial charge in [-0.3, -0.25) is 0 Å². The molecule has 2 saturated carbocycles. The Bertz CT molecular complexity index is 279. The molecule has 0 aliphatic heterocycles. The van der Waals surface area contributed by atoms with Crippen molar-refractivity contribution in [1.29, 1.82) is 0 Å². The van der Waals surface area contributed by atoms with E-state index in [0.717, 1.165) is 12.3 Å². The molecule has 2 aliphatic rings. The highest BCUT2D eigenvalue weighted by molar-refractivity contribution is 5.05. The van der Waals surface area contributed by atoms with Crippen molar-refractivity contribution in [2.45, 2.75) is 72.3 Å². The lowest BCUT2D eigenvalue weighted by molar-refractivity contribution is -0.160. The van der Waals surface area contributed by atoms with Crippen LogP contribution in [-0.4, -0.2) is 10.7 Å². The summed E-state index contributed by atoms with van der Waals surface area (Å²) in [5.41, 5.74) is 0.375. The van der Waals surface area contributed by atoms with E-state index in [9.17, 15) is 5.11 Å². The van der Waals surface area contributed by atoms with Crippen LogP contribution in [0.5, 0.6) is 0 Å². The highest BCUT2D eigenvalue weighted by atomic mass is 16.3. The van der Waals surface area contributed by atoms with E-state index < -0.39 is 5.60 Å². The first-order valence-corrected chi connectivity index (χ1v) is 6.92. The number of fused-ring (bicyclic) bond motifs is 1. The average molecular weight is 224 g/mol. The maximum absolute atomic E-state index is 10.5. The monoisotopic (exact) mass is 224 g/mol. The predicted octanol–water partition coefficient (Wildman–Crippen LogP) is 4.00. The van der Waals surface area contributed by atoms with Gasteiger partial charge in [0, 0.05) is 0 Å². The van der Waals surface area contributed by atoms with Gasteiger partial charge in [0.25, 0.3) is 0 Å². The largest absolute Gasteiger partial charge is 0.390 e. The molecule has 2 aliphatic carbocycles. The Morgan fingerprint density at radius 2 is 1.62 bits per heavy atom. The molecule has 16 heavy (non-hydrogen) atoms. The second-order valence-corrected chi connectivity index (χ2v) is 7.52. The highest BCUT2D eigenvalue weighted by Crippen LogP contribution is 2.61. The van der Waals surface area contributed by atoms with Crippen LogP contribution in [-0.2, 0) is 0 Å². The van der Waals surface area contributed by atoms with Gasteiger partial charge in [-0.1, -0.05) is 34.1 Å². The highest BCUT2D eigenvalue weighted by Gasteiger charge is 2.56. The topological polar surface area (TPSA) is 20.2 Å². The van der Waals surface area contributed by atoms with E-state index in [1.165, 1.54) is 25.7 Å². The molecule has 0 radical (unpaired) electrons. The smallest absolute Gasteiger partial charge is 0.0650 e. The summed E-state index contributed by atoms with van der Waals surface area (Å²) >= 11 is 0. The van der Waals surface area contributed by atoms with Crippen molar-refractivity contribution in [1.82, 2.24) is 0 Å². The summed E-state index contributed by atoms with van der Waals surface area (Å²) < 4.78 is 0. The quantitative estimate of drug-likeness (QED) is 0.659. The molecule has 1 N–H and O–H groups in total. The summed E-state index contributed by atoms with van der Waals surface area (Å²) in [4.78, 5) is 0. The normalized spacial score (nSPS) is 52.1. The van der Waals surface area contributed by atoms with E-state index in [4.69, 9.17) is 0 Å². The summed E-state index contributed by atoms with van der Waals surface area (Å²) in [7, 11) is 0. The minimum absolute atomic E-state index is 0.351. The van der Waals surface area contributed by atoms with Crippen molar-refractivity contribution in [2.75, 3.05) is 0 Å². The fourth-order valence-corrected chi connectivity index (χ4v) is 4.77. The molecule has 2 fully saturated rings. The molecule has 94 valence electrons. The van der Waals surface area contributed by atoms with Gasteiger partial charge in [0.05, 0.1) is 5.60 Å². The van der Waals surface area contributed by atoms with Gasteiger partial charge in [-0.2, -0.15) is 0 Å². The van der Waals surface area contributed by atoms with E-state index in [0.29, 0.717) is 16.7 Å². The summed E-state index contributed by atoms with van der Waals surface area (Å²) in [6, 6.07) is 0. The molecule has 0 aromatic rings. The van der Waals surface area contributed by atoms with Crippen LogP contribution in [0.2, 0.25) is 0 Å². The van der Waals surface area contributed by atoms with Crippen LogP contribution in [0, 0.1) is 22.7 Å². The second-order valence-electron chi connectivity index (χ2n) is 7.52. The van der Waals surface area contributed by atoms with Gasteiger partial charge in [0.2, 0.25) is 0 Å². The van der Waals surface area contributed by atoms with Crippen molar-refractivity contribution in [2.24, 2.45) is 22.7 Å². The zero-order chi connectivity index (χ0) is 12.2. The molecular formula is C15H28O. The van der Waals surface area contributed by atoms with Crippen molar-refractivity contribution in [3.63, 3.8) is 0 Å². The van der Waals surface area contributed by atoms with Crippen LogP contribution in [0.15, 0.2) is 0 Å². The zero-order valence-electron chi connectivity index (χ0n) is 11.6. The molecule has 0 saturated heterocycles. The first-order valence-electron chi connectivity index (χ1n) is 6.92. The van der Waals surface area contributed by atoms with E-state index in [1.807, 2.05) is 6.92 Å². The van der Waals surface area contributed by atoms with Crippen LogP contribution in [0.25, 0.3) is 0 Å². The molecule has 4 atom stereocenters. The van der Waals surface area contributed by atoms with Crippen molar-refractivity contribution >= 4 is 0 Å². The Balaban J connectivity index is 2.34. The number of hydrogen-bond donors (Lipinski definition) is 1. The lowest BCUT2D eigenvalue weighted by atomic mass is 9.46. The zero-order valence-corrected chi connectivity index (χ0v) is 11.6. The van der Waals surface area contributed by atoms with Gasteiger partial charge in [0.1, 0.15) is 0 Å². The van der Waals surface area contributed by atoms with Gasteiger partial charge in [-0.25, -0.2) is 0 Å². The number of hydrogen-bond acceptors (Lipinski definition) is 1. The fourth-order valence-electron chi connectivity index (χ4n) is 4.77. The first-order chi connectivity index (χ1) is 7.20. The van der Waals surface area contributed by atoms with Crippen molar-refractivity contribution in [3.05, 3.63) is 0 Å². The lowest BCUT2D eigenvalue weighted by Gasteiger charge is -2.60. The summed E-state index contributed by atoms with van der Waals surface area (Å²) in [6.07, 6.45) is 6.19. The third-order valence-corrected chi connectivity index (χ3v) is 6.14. The van der Waals surface area contributed by atoms with E-state index >= 15 is 0 Å². The number of rotatable bonds is 0. The Hall–Kier alpha value is -0.0400. The molecule has 2 rings (SSSR count). The van der Waals surface area contributed by atoms with Gasteiger partial charge in [-0.05, 0) is 55.3 Å². The van der Waals surface area contributed by atoms with Crippen LogP contribution < -0.4 is 0 Å². The third-order valence-electron chi connectivity index (χ3n) is 6.14. The number of aliphatic hydroxyl groups is 1. The van der Waals surface area contributed by atoms with E-state index in [1.54, 1.807) is 0 Å². The molecular weight excluding hydrogens is 196 g/mol. The van der Waals surface area contributed by atoms with Gasteiger partial charge < -0.3 is 5.11 Å². The molecule has 0 amide bonds. The Labute approximate surface area is 101 Å². The van der Waals surface area contributed by atoms with Crippen molar-refractivity contribution < 1.29 is 5.11 Å². The maximum Gasteiger partial charge on any atom is 0.0650 e. The van der Waals surface area contributed by atoms with Crippen LogP contribution in [0.3, 0.4) is 0 Å². The summed E-state index contributed by atoms with van der Waals surface area (Å²) in [6.45, 7) is 11.6. The molecule has 0 heterocycles. The minimum atomic E-state index is -0.446. The predicted molar refractivity (Wildman–Crippen MR) is 68.3 cm³/mol. The average Bonchev–Trinajstić information content (AvgIpc) is 2.12. The van der Waals surface area contributed by atoms with Gasteiger partial charge in [0.15, 0.2) is 0 Å². The Kier molecular flexibility index (Phi) is 2.70. The van der Waals surface area contributed by atoms with Crippen LogP contribution in [0.1, 0.15) is 66.7 Å². The third kappa shape index (κ3) is 1.63. The molecule has 0 unspecified atom stereocenters. The second kappa shape index (κ2) is 3.48. The standard InChI is InChI=1S/C15H28O/c1-11-14(4)9-6-8-13(2,3)12(14)7-10-15(11,5)16/h11-12,16H,6-10H2,1-5H3/t11-,12+,14-,15+/m1/s1. The summed E-state index contributed by atoms with van der Waals surface area (Å²) in [5.74, 6) is 1.22. The molecule has 0 aromatic heterocycles. The molecule has 0 aromatic carbocycles. The molecule has 0 spiro atoms. The Morgan fingerprint density at radius 3 is 2.25 bits per heavy atom. The van der Waals surface area contributed by atoms with Crippen LogP contribution >= 0.6 is 0 Å². The maximum atomic E-state index is 10.5. The van der Waals surface area contributed by atoms with Gasteiger partial charge >= 0.3 is 0 Å². The van der Waals surface area contributed by atoms with Gasteiger partial charge in [-0.15, -0.1) is 0 Å². The fraction of sp³-hybridized carbons (Fsp3) is 1.00. The first kappa shape index (κ1) is 12.4. The van der Waals surface area contributed by atoms with E-state index in [-0.39, 0.29) is 0 Å². The molecule has 1 heteroatoms. The molecule has 1 nitrogen and oxygen atoms in total. The minimum Gasteiger partial charge on any atom is -0.390 e. The SMILES string of the molecule is C[C@@H]1[C@@]2(C)CCCC(C)(C)[C@@H]2CC[C@]1(C)O. The summed E-state index contributed by atoms with van der Waals surface area (Å²) in [5, 5.41) is 10.5. The van der Waals surface area contributed by atoms with Crippen molar-refractivity contribution in [3.8, 4) is 0 Å². The molecule has 0 bridgehead atoms. The van der Waals surface area contributed by atoms with E-state index in [2.05, 4.69) is 27.7 Å². The van der Waals surface area contributed by atoms with Crippen LogP contribution in [0.4, 0.5) is 0 Å². The lowest BCUT2D eigenvalue weighted by Crippen LogP contribution is -2.56.